The van der Waals surface area contributed by atoms with Gasteiger partial charge >= 0.3 is 0 Å². The third-order valence-corrected chi connectivity index (χ3v) is 2.58. The Morgan fingerprint density at radius 3 is 2.85 bits per heavy atom. The molecule has 0 aliphatic carbocycles. The van der Waals surface area contributed by atoms with Crippen LogP contribution < -0.4 is 10.6 Å². The van der Waals surface area contributed by atoms with Crippen molar-refractivity contribution in [3.63, 3.8) is 0 Å². The number of hydrogen-bond acceptors (Lipinski definition) is 3. The first-order valence-corrected chi connectivity index (χ1v) is 4.84. The van der Waals surface area contributed by atoms with Crippen molar-refractivity contribution in [2.24, 2.45) is 0 Å². The minimum absolute atomic E-state index is 0. The van der Waals surface area contributed by atoms with Crippen molar-refractivity contribution >= 4 is 29.7 Å². The average molecular weight is 219 g/mol. The van der Waals surface area contributed by atoms with Gasteiger partial charge in [-0.2, -0.15) is 11.3 Å². The normalized spacial score (nSPS) is 15.7. The van der Waals surface area contributed by atoms with Gasteiger partial charge in [-0.05, 0) is 11.4 Å². The van der Waals surface area contributed by atoms with Crippen LogP contribution in [-0.2, 0) is 0 Å². The number of amides is 1. The van der Waals surface area contributed by atoms with Crippen molar-refractivity contribution in [1.29, 1.82) is 0 Å². The topological polar surface area (TPSA) is 41.1 Å². The molecule has 72 valence electrons. The number of halogens is 1. The molecule has 0 bridgehead atoms. The first kappa shape index (κ1) is 10.5. The molecular formula is C8H11ClN2OS. The molecule has 0 radical (unpaired) electrons. The van der Waals surface area contributed by atoms with Gasteiger partial charge in [0.1, 0.15) is 0 Å². The number of rotatable bonds is 2. The van der Waals surface area contributed by atoms with Gasteiger partial charge in [0.15, 0.2) is 0 Å². The van der Waals surface area contributed by atoms with Gasteiger partial charge in [-0.25, -0.2) is 0 Å². The van der Waals surface area contributed by atoms with Crippen LogP contribution in [0.1, 0.15) is 10.4 Å². The highest BCUT2D eigenvalue weighted by molar-refractivity contribution is 7.08. The van der Waals surface area contributed by atoms with Gasteiger partial charge in [0.2, 0.25) is 0 Å². The molecule has 0 aromatic carbocycles. The number of nitrogens with one attached hydrogen (secondary N) is 2. The predicted octanol–water partition coefficient (Wildman–Crippen LogP) is 0.871. The number of thiophene rings is 1. The SMILES string of the molecule is Cl.O=C(NC1CNC1)c1ccsc1. The molecule has 1 fully saturated rings. The largest absolute Gasteiger partial charge is 0.347 e. The van der Waals surface area contributed by atoms with Crippen LogP contribution in [0.25, 0.3) is 0 Å². The fraction of sp³-hybridized carbons (Fsp3) is 0.375. The standard InChI is InChI=1S/C8H10N2OS.ClH/c11-8(6-1-2-12-5-6)10-7-3-9-4-7;/h1-2,5,7,9H,3-4H2,(H,10,11);1H. The van der Waals surface area contributed by atoms with E-state index in [1.165, 1.54) is 0 Å². The zero-order chi connectivity index (χ0) is 8.39. The highest BCUT2D eigenvalue weighted by Gasteiger charge is 2.19. The summed E-state index contributed by atoms with van der Waals surface area (Å²) in [6, 6.07) is 2.17. The molecule has 1 amide bonds. The molecule has 1 aliphatic heterocycles. The maximum atomic E-state index is 11.4. The minimum atomic E-state index is 0. The second-order valence-electron chi connectivity index (χ2n) is 2.84. The molecule has 0 unspecified atom stereocenters. The zero-order valence-electron chi connectivity index (χ0n) is 6.95. The van der Waals surface area contributed by atoms with Crippen molar-refractivity contribution in [1.82, 2.24) is 10.6 Å². The van der Waals surface area contributed by atoms with Crippen LogP contribution in [0.2, 0.25) is 0 Å². The lowest BCUT2D eigenvalue weighted by atomic mass is 10.1. The van der Waals surface area contributed by atoms with E-state index in [9.17, 15) is 4.79 Å². The van der Waals surface area contributed by atoms with E-state index in [1.807, 2.05) is 16.8 Å². The second kappa shape index (κ2) is 4.60. The fourth-order valence-corrected chi connectivity index (χ4v) is 1.69. The summed E-state index contributed by atoms with van der Waals surface area (Å²) in [6.45, 7) is 1.80. The van der Waals surface area contributed by atoms with Gasteiger partial charge in [-0.15, -0.1) is 12.4 Å². The quantitative estimate of drug-likeness (QED) is 0.774. The van der Waals surface area contributed by atoms with Crippen molar-refractivity contribution in [3.05, 3.63) is 22.4 Å². The Morgan fingerprint density at radius 2 is 2.38 bits per heavy atom. The molecule has 0 atom stereocenters. The number of hydrogen-bond donors (Lipinski definition) is 2. The lowest BCUT2D eigenvalue weighted by molar-refractivity contribution is 0.0924. The van der Waals surface area contributed by atoms with Gasteiger partial charge < -0.3 is 10.6 Å². The van der Waals surface area contributed by atoms with E-state index in [-0.39, 0.29) is 18.3 Å². The molecule has 0 saturated carbocycles. The molecule has 1 aliphatic rings. The minimum Gasteiger partial charge on any atom is -0.347 e. The molecule has 5 heteroatoms. The molecule has 1 aromatic rings. The maximum Gasteiger partial charge on any atom is 0.252 e. The number of carbonyl (C=O) groups excluding carboxylic acids is 1. The summed E-state index contributed by atoms with van der Waals surface area (Å²) >= 11 is 1.54. The van der Waals surface area contributed by atoms with E-state index in [2.05, 4.69) is 10.6 Å². The zero-order valence-corrected chi connectivity index (χ0v) is 8.58. The van der Waals surface area contributed by atoms with Crippen LogP contribution >= 0.6 is 23.7 Å². The smallest absolute Gasteiger partial charge is 0.252 e. The molecule has 2 N–H and O–H groups in total. The first-order valence-electron chi connectivity index (χ1n) is 3.90. The molecule has 1 saturated heterocycles. The van der Waals surface area contributed by atoms with Crippen LogP contribution in [0.5, 0.6) is 0 Å². The highest BCUT2D eigenvalue weighted by atomic mass is 35.5. The van der Waals surface area contributed by atoms with Gasteiger partial charge in [0.05, 0.1) is 6.04 Å². The van der Waals surface area contributed by atoms with E-state index < -0.39 is 0 Å². The van der Waals surface area contributed by atoms with Crippen LogP contribution in [0.4, 0.5) is 0 Å². The molecule has 1 aromatic heterocycles. The predicted molar refractivity (Wildman–Crippen MR) is 55.7 cm³/mol. The summed E-state index contributed by atoms with van der Waals surface area (Å²) in [4.78, 5) is 11.4. The summed E-state index contributed by atoms with van der Waals surface area (Å²) in [6.07, 6.45) is 0. The lowest BCUT2D eigenvalue weighted by Gasteiger charge is -2.27. The van der Waals surface area contributed by atoms with E-state index in [0.29, 0.717) is 6.04 Å². The third kappa shape index (κ3) is 2.43. The van der Waals surface area contributed by atoms with Crippen molar-refractivity contribution in [3.8, 4) is 0 Å². The molecule has 0 spiro atoms. The molecular weight excluding hydrogens is 208 g/mol. The molecule has 2 heterocycles. The highest BCUT2D eigenvalue weighted by Crippen LogP contribution is 2.06. The van der Waals surface area contributed by atoms with Crippen LogP contribution in [-0.4, -0.2) is 25.0 Å². The molecule has 13 heavy (non-hydrogen) atoms. The van der Waals surface area contributed by atoms with Gasteiger partial charge in [0, 0.05) is 24.0 Å². The average Bonchev–Trinajstić information content (AvgIpc) is 2.47. The van der Waals surface area contributed by atoms with Gasteiger partial charge in [-0.3, -0.25) is 4.79 Å². The summed E-state index contributed by atoms with van der Waals surface area (Å²) < 4.78 is 0. The van der Waals surface area contributed by atoms with Crippen LogP contribution in [0.15, 0.2) is 16.8 Å². The van der Waals surface area contributed by atoms with E-state index in [4.69, 9.17) is 0 Å². The summed E-state index contributed by atoms with van der Waals surface area (Å²) in [5.74, 6) is 0.0442. The fourth-order valence-electron chi connectivity index (χ4n) is 1.05. The summed E-state index contributed by atoms with van der Waals surface area (Å²) in [5, 5.41) is 9.80. The van der Waals surface area contributed by atoms with Gasteiger partial charge in [-0.1, -0.05) is 0 Å². The monoisotopic (exact) mass is 218 g/mol. The van der Waals surface area contributed by atoms with E-state index in [1.54, 1.807) is 11.3 Å². The number of carbonyl (C=O) groups is 1. The summed E-state index contributed by atoms with van der Waals surface area (Å²) in [5.41, 5.74) is 0.770. The van der Waals surface area contributed by atoms with Gasteiger partial charge in [0.25, 0.3) is 5.91 Å². The van der Waals surface area contributed by atoms with E-state index >= 15 is 0 Å². The maximum absolute atomic E-state index is 11.4. The second-order valence-corrected chi connectivity index (χ2v) is 3.62. The first-order chi connectivity index (χ1) is 5.86. The Balaban J connectivity index is 0.000000845. The van der Waals surface area contributed by atoms with E-state index in [0.717, 1.165) is 18.7 Å². The Labute approximate surface area is 86.9 Å². The third-order valence-electron chi connectivity index (χ3n) is 1.90. The van der Waals surface area contributed by atoms with Crippen LogP contribution in [0, 0.1) is 0 Å². The lowest BCUT2D eigenvalue weighted by Crippen LogP contribution is -2.56. The Morgan fingerprint density at radius 1 is 1.62 bits per heavy atom. The van der Waals surface area contributed by atoms with Crippen molar-refractivity contribution < 1.29 is 4.79 Å². The Hall–Kier alpha value is -0.580. The van der Waals surface area contributed by atoms with Crippen LogP contribution in [0.3, 0.4) is 0 Å². The Bertz CT molecular complexity index is 272. The molecule has 2 rings (SSSR count). The summed E-state index contributed by atoms with van der Waals surface area (Å²) in [7, 11) is 0. The molecule has 3 nitrogen and oxygen atoms in total. The van der Waals surface area contributed by atoms with Crippen molar-refractivity contribution in [2.45, 2.75) is 6.04 Å². The van der Waals surface area contributed by atoms with Crippen molar-refractivity contribution in [2.75, 3.05) is 13.1 Å². The Kier molecular flexibility index (Phi) is 3.71.